The summed E-state index contributed by atoms with van der Waals surface area (Å²) < 4.78 is 26.5. The molecule has 0 atom stereocenters. The third kappa shape index (κ3) is 4.86. The molecule has 8 heteroatoms. The van der Waals surface area contributed by atoms with Crippen LogP contribution in [0.4, 0.5) is 0 Å². The van der Waals surface area contributed by atoms with Crippen LogP contribution in [0.25, 0.3) is 0 Å². The summed E-state index contributed by atoms with van der Waals surface area (Å²) in [6.07, 6.45) is 0. The molecule has 6 nitrogen and oxygen atoms in total. The lowest BCUT2D eigenvalue weighted by Gasteiger charge is -2.22. The zero-order chi connectivity index (χ0) is 15.3. The van der Waals surface area contributed by atoms with E-state index in [1.165, 1.54) is 12.1 Å². The van der Waals surface area contributed by atoms with Gasteiger partial charge >= 0.3 is 5.97 Å². The Balaban J connectivity index is 3.06. The van der Waals surface area contributed by atoms with Crippen molar-refractivity contribution in [2.45, 2.75) is 4.90 Å². The Hall–Kier alpha value is -0.960. The van der Waals surface area contributed by atoms with Gasteiger partial charge in [0.05, 0.1) is 4.90 Å². The summed E-state index contributed by atoms with van der Waals surface area (Å²) in [6.45, 7) is 0.0113. The predicted molar refractivity (Wildman–Crippen MR) is 79.1 cm³/mol. The summed E-state index contributed by atoms with van der Waals surface area (Å²) in [5.41, 5.74) is 0. The topological polar surface area (TPSA) is 77.9 Å². The Labute approximate surface area is 127 Å². The van der Waals surface area contributed by atoms with Crippen molar-refractivity contribution in [3.63, 3.8) is 0 Å². The molecular formula is C12H17BrN2O4S. The highest BCUT2D eigenvalue weighted by molar-refractivity contribution is 9.10. The monoisotopic (exact) mass is 364 g/mol. The second-order valence-electron chi connectivity index (χ2n) is 4.49. The van der Waals surface area contributed by atoms with Crippen LogP contribution < -0.4 is 0 Å². The molecule has 1 aromatic carbocycles. The van der Waals surface area contributed by atoms with E-state index in [0.29, 0.717) is 11.0 Å². The van der Waals surface area contributed by atoms with Gasteiger partial charge in [0, 0.05) is 17.6 Å². The van der Waals surface area contributed by atoms with Gasteiger partial charge in [0.25, 0.3) is 0 Å². The molecule has 0 spiro atoms. The number of hydrogen-bond acceptors (Lipinski definition) is 4. The van der Waals surface area contributed by atoms with Crippen LogP contribution in [0.5, 0.6) is 0 Å². The van der Waals surface area contributed by atoms with Gasteiger partial charge in [0.1, 0.15) is 6.54 Å². The van der Waals surface area contributed by atoms with Crippen molar-refractivity contribution in [1.29, 1.82) is 0 Å². The highest BCUT2D eigenvalue weighted by atomic mass is 79.9. The van der Waals surface area contributed by atoms with Gasteiger partial charge in [0.15, 0.2) is 0 Å². The molecule has 0 amide bonds. The van der Waals surface area contributed by atoms with Crippen LogP contribution in [-0.2, 0) is 14.8 Å². The zero-order valence-electron chi connectivity index (χ0n) is 11.3. The molecule has 1 N–H and O–H groups in total. The molecule has 0 saturated heterocycles. The van der Waals surface area contributed by atoms with E-state index in [9.17, 15) is 13.2 Å². The Bertz CT molecular complexity index is 575. The van der Waals surface area contributed by atoms with Gasteiger partial charge < -0.3 is 10.0 Å². The quantitative estimate of drug-likeness (QED) is 0.783. The Morgan fingerprint density at radius 2 is 1.95 bits per heavy atom. The first-order chi connectivity index (χ1) is 9.23. The van der Waals surface area contributed by atoms with Gasteiger partial charge in [-0.05, 0) is 32.3 Å². The molecule has 0 saturated carbocycles. The maximum atomic E-state index is 12.5. The maximum Gasteiger partial charge on any atom is 0.318 e. The van der Waals surface area contributed by atoms with Crippen LogP contribution in [0.3, 0.4) is 0 Å². The van der Waals surface area contributed by atoms with E-state index in [0.717, 1.165) is 4.31 Å². The highest BCUT2D eigenvalue weighted by Crippen LogP contribution is 2.19. The molecule has 0 heterocycles. The molecule has 0 bridgehead atoms. The number of aliphatic carboxylic acids is 1. The van der Waals surface area contributed by atoms with Crippen molar-refractivity contribution in [3.05, 3.63) is 28.7 Å². The summed E-state index contributed by atoms with van der Waals surface area (Å²) in [5.74, 6) is -1.18. The van der Waals surface area contributed by atoms with Gasteiger partial charge in [-0.2, -0.15) is 4.31 Å². The summed E-state index contributed by atoms with van der Waals surface area (Å²) in [7, 11) is -0.226. The minimum atomic E-state index is -3.82. The lowest BCUT2D eigenvalue weighted by Crippen LogP contribution is -2.39. The first kappa shape index (κ1) is 17.1. The number of carboxylic acid groups (broad SMARTS) is 1. The van der Waals surface area contributed by atoms with Gasteiger partial charge in [-0.1, -0.05) is 22.0 Å². The molecule has 0 aliphatic heterocycles. The van der Waals surface area contributed by atoms with E-state index in [4.69, 9.17) is 5.11 Å². The largest absolute Gasteiger partial charge is 0.480 e. The average molecular weight is 365 g/mol. The standard InChI is InChI=1S/C12H17BrN2O4S/c1-14(2)6-7-15(9-12(16)17)20(18,19)11-5-3-4-10(13)8-11/h3-5,8H,6-7,9H2,1-2H3,(H,16,17). The minimum Gasteiger partial charge on any atom is -0.480 e. The lowest BCUT2D eigenvalue weighted by molar-refractivity contribution is -0.137. The number of carbonyl (C=O) groups is 1. The molecular weight excluding hydrogens is 348 g/mol. The fourth-order valence-corrected chi connectivity index (χ4v) is 3.50. The number of benzene rings is 1. The first-order valence-electron chi connectivity index (χ1n) is 5.85. The second-order valence-corrected chi connectivity index (χ2v) is 7.35. The van der Waals surface area contributed by atoms with Crippen molar-refractivity contribution < 1.29 is 18.3 Å². The van der Waals surface area contributed by atoms with Gasteiger partial charge in [-0.3, -0.25) is 4.79 Å². The molecule has 20 heavy (non-hydrogen) atoms. The smallest absolute Gasteiger partial charge is 0.318 e. The van der Waals surface area contributed by atoms with Crippen molar-refractivity contribution >= 4 is 31.9 Å². The molecule has 1 rings (SSSR count). The van der Waals surface area contributed by atoms with E-state index in [-0.39, 0.29) is 11.4 Å². The Kier molecular flexibility index (Phi) is 6.12. The molecule has 0 fully saturated rings. The lowest BCUT2D eigenvalue weighted by atomic mass is 10.4. The third-order valence-corrected chi connectivity index (χ3v) is 4.88. The SMILES string of the molecule is CN(C)CCN(CC(=O)O)S(=O)(=O)c1cccc(Br)c1. The number of hydrogen-bond donors (Lipinski definition) is 1. The Morgan fingerprint density at radius 1 is 1.30 bits per heavy atom. The Morgan fingerprint density at radius 3 is 2.45 bits per heavy atom. The van der Waals surface area contributed by atoms with Crippen molar-refractivity contribution in [2.24, 2.45) is 0 Å². The highest BCUT2D eigenvalue weighted by Gasteiger charge is 2.26. The summed E-state index contributed by atoms with van der Waals surface area (Å²) in [5, 5.41) is 8.88. The van der Waals surface area contributed by atoms with E-state index in [1.807, 2.05) is 0 Å². The van der Waals surface area contributed by atoms with Crippen LogP contribution >= 0.6 is 15.9 Å². The molecule has 1 aromatic rings. The van der Waals surface area contributed by atoms with Crippen LogP contribution in [0, 0.1) is 0 Å². The van der Waals surface area contributed by atoms with Crippen LogP contribution in [0.15, 0.2) is 33.6 Å². The van der Waals surface area contributed by atoms with E-state index >= 15 is 0 Å². The summed E-state index contributed by atoms with van der Waals surface area (Å²) in [6, 6.07) is 6.21. The van der Waals surface area contributed by atoms with Crippen LogP contribution in [0.1, 0.15) is 0 Å². The van der Waals surface area contributed by atoms with Crippen LogP contribution in [-0.4, -0.2) is 62.4 Å². The van der Waals surface area contributed by atoms with Gasteiger partial charge in [0.2, 0.25) is 10.0 Å². The van der Waals surface area contributed by atoms with Crippen molar-refractivity contribution in [2.75, 3.05) is 33.7 Å². The number of rotatable bonds is 7. The minimum absolute atomic E-state index is 0.0758. The van der Waals surface area contributed by atoms with E-state index in [2.05, 4.69) is 15.9 Å². The van der Waals surface area contributed by atoms with Crippen molar-refractivity contribution in [3.8, 4) is 0 Å². The second kappa shape index (κ2) is 7.16. The van der Waals surface area contributed by atoms with E-state index in [1.54, 1.807) is 31.1 Å². The molecule has 0 aliphatic rings. The number of likely N-dealkylation sites (N-methyl/N-ethyl adjacent to an activating group) is 1. The molecule has 0 radical (unpaired) electrons. The van der Waals surface area contributed by atoms with Gasteiger partial charge in [-0.15, -0.1) is 0 Å². The normalized spacial score (nSPS) is 12.1. The molecule has 0 aliphatic carbocycles. The zero-order valence-corrected chi connectivity index (χ0v) is 13.7. The fourth-order valence-electron chi connectivity index (χ4n) is 1.52. The summed E-state index contributed by atoms with van der Waals surface area (Å²) >= 11 is 3.21. The molecule has 112 valence electrons. The fraction of sp³-hybridized carbons (Fsp3) is 0.417. The van der Waals surface area contributed by atoms with Crippen LogP contribution in [0.2, 0.25) is 0 Å². The maximum absolute atomic E-state index is 12.5. The number of halogens is 1. The predicted octanol–water partition coefficient (Wildman–Crippen LogP) is 1.09. The summed E-state index contributed by atoms with van der Waals surface area (Å²) in [4.78, 5) is 12.7. The average Bonchev–Trinajstić information content (AvgIpc) is 2.33. The first-order valence-corrected chi connectivity index (χ1v) is 8.09. The molecule has 0 unspecified atom stereocenters. The van der Waals surface area contributed by atoms with E-state index < -0.39 is 22.5 Å². The number of carboxylic acids is 1. The number of sulfonamides is 1. The molecule has 0 aromatic heterocycles. The number of nitrogens with zero attached hydrogens (tertiary/aromatic N) is 2. The van der Waals surface area contributed by atoms with Gasteiger partial charge in [-0.25, -0.2) is 8.42 Å². The van der Waals surface area contributed by atoms with Crippen molar-refractivity contribution in [1.82, 2.24) is 9.21 Å². The third-order valence-electron chi connectivity index (χ3n) is 2.54.